The Morgan fingerprint density at radius 3 is 1.30 bits per heavy atom. The van der Waals surface area contributed by atoms with E-state index in [-0.39, 0.29) is 0 Å². The Morgan fingerprint density at radius 1 is 1.00 bits per heavy atom. The number of aliphatic carboxylic acids is 2. The van der Waals surface area contributed by atoms with E-state index in [1.54, 1.807) is 0 Å². The minimum Gasteiger partial charge on any atom is -0.478 e. The van der Waals surface area contributed by atoms with E-state index < -0.39 is 11.9 Å². The summed E-state index contributed by atoms with van der Waals surface area (Å²) in [6, 6.07) is 0. The van der Waals surface area contributed by atoms with Gasteiger partial charge in [0.2, 0.25) is 0 Å². The van der Waals surface area contributed by atoms with Crippen molar-refractivity contribution in [3.63, 3.8) is 0 Å². The average Bonchev–Trinajstić information content (AvgIpc) is 1.89. The predicted molar refractivity (Wildman–Crippen MR) is 32.8 cm³/mol. The van der Waals surface area contributed by atoms with Gasteiger partial charge >= 0.3 is 11.9 Å². The molecule has 0 aliphatic carbocycles. The summed E-state index contributed by atoms with van der Waals surface area (Å²) in [4.78, 5) is 19.1. The van der Waals surface area contributed by atoms with Crippen molar-refractivity contribution in [2.45, 2.75) is 0 Å². The van der Waals surface area contributed by atoms with E-state index in [9.17, 15) is 9.59 Å². The van der Waals surface area contributed by atoms with E-state index in [1.807, 2.05) is 0 Å². The zero-order valence-corrected chi connectivity index (χ0v) is 5.02. The SMILES string of the molecule is NN.O=C(O)C=CC(=O)O. The van der Waals surface area contributed by atoms with Crippen LogP contribution in [0.2, 0.25) is 0 Å². The predicted octanol–water partition coefficient (Wildman–Crippen LogP) is -1.47. The summed E-state index contributed by atoms with van der Waals surface area (Å²) < 4.78 is 0. The van der Waals surface area contributed by atoms with Crippen LogP contribution >= 0.6 is 0 Å². The van der Waals surface area contributed by atoms with Crippen LogP contribution in [0, 0.1) is 0 Å². The average molecular weight is 148 g/mol. The monoisotopic (exact) mass is 148 g/mol. The zero-order chi connectivity index (χ0) is 8.57. The van der Waals surface area contributed by atoms with Gasteiger partial charge in [-0.05, 0) is 0 Å². The zero-order valence-electron chi connectivity index (χ0n) is 5.02. The third-order valence-electron chi connectivity index (χ3n) is 0.368. The highest BCUT2D eigenvalue weighted by atomic mass is 16.4. The molecule has 0 fully saturated rings. The van der Waals surface area contributed by atoms with E-state index >= 15 is 0 Å². The molecule has 0 radical (unpaired) electrons. The molecule has 0 atom stereocenters. The van der Waals surface area contributed by atoms with Crippen molar-refractivity contribution in [2.75, 3.05) is 0 Å². The third kappa shape index (κ3) is 16.0. The molecule has 0 bridgehead atoms. The fourth-order valence-electron chi connectivity index (χ4n) is 0.143. The quantitative estimate of drug-likeness (QED) is 0.215. The molecule has 10 heavy (non-hydrogen) atoms. The van der Waals surface area contributed by atoms with Crippen molar-refractivity contribution < 1.29 is 19.8 Å². The molecule has 0 spiro atoms. The first kappa shape index (κ1) is 11.4. The number of rotatable bonds is 2. The van der Waals surface area contributed by atoms with E-state index in [0.29, 0.717) is 12.2 Å². The highest BCUT2D eigenvalue weighted by Gasteiger charge is 1.88. The summed E-state index contributed by atoms with van der Waals surface area (Å²) in [5, 5.41) is 15.6. The number of carboxylic acid groups (broad SMARTS) is 2. The number of carboxylic acids is 2. The maximum Gasteiger partial charge on any atom is 0.328 e. The molecule has 0 saturated heterocycles. The van der Waals surface area contributed by atoms with Gasteiger partial charge in [-0.1, -0.05) is 0 Å². The van der Waals surface area contributed by atoms with E-state index in [0.717, 1.165) is 0 Å². The summed E-state index contributed by atoms with van der Waals surface area (Å²) in [7, 11) is 0. The van der Waals surface area contributed by atoms with Crippen molar-refractivity contribution in [1.29, 1.82) is 0 Å². The van der Waals surface area contributed by atoms with Crippen molar-refractivity contribution in [3.05, 3.63) is 12.2 Å². The molecule has 0 unspecified atom stereocenters. The summed E-state index contributed by atoms with van der Waals surface area (Å²) in [6.45, 7) is 0. The second-order valence-electron chi connectivity index (χ2n) is 1.01. The van der Waals surface area contributed by atoms with E-state index in [1.165, 1.54) is 0 Å². The molecule has 6 N–H and O–H groups in total. The molecule has 0 aromatic heterocycles. The molecule has 0 saturated carbocycles. The van der Waals surface area contributed by atoms with Gasteiger partial charge in [-0.3, -0.25) is 11.7 Å². The molecule has 0 rings (SSSR count). The van der Waals surface area contributed by atoms with Crippen LogP contribution in [0.5, 0.6) is 0 Å². The lowest BCUT2D eigenvalue weighted by Crippen LogP contribution is -2.02. The van der Waals surface area contributed by atoms with Gasteiger partial charge in [0.25, 0.3) is 0 Å². The Hall–Kier alpha value is -1.40. The maximum atomic E-state index is 9.55. The minimum absolute atomic E-state index is 0.558. The van der Waals surface area contributed by atoms with Crippen LogP contribution in [0.3, 0.4) is 0 Å². The third-order valence-corrected chi connectivity index (χ3v) is 0.368. The van der Waals surface area contributed by atoms with Gasteiger partial charge in [-0.15, -0.1) is 0 Å². The molecule has 58 valence electrons. The van der Waals surface area contributed by atoms with Crippen LogP contribution in [0.1, 0.15) is 0 Å². The van der Waals surface area contributed by atoms with Gasteiger partial charge in [0.1, 0.15) is 0 Å². The highest BCUT2D eigenvalue weighted by Crippen LogP contribution is 1.70. The Balaban J connectivity index is 0. The molecule has 0 heterocycles. The fraction of sp³-hybridized carbons (Fsp3) is 0. The van der Waals surface area contributed by atoms with Gasteiger partial charge in [-0.25, -0.2) is 9.59 Å². The lowest BCUT2D eigenvalue weighted by Gasteiger charge is -1.74. The van der Waals surface area contributed by atoms with Crippen LogP contribution < -0.4 is 11.7 Å². The van der Waals surface area contributed by atoms with Crippen molar-refractivity contribution >= 4 is 11.9 Å². The largest absolute Gasteiger partial charge is 0.478 e. The number of hydrogen-bond donors (Lipinski definition) is 4. The summed E-state index contributed by atoms with van der Waals surface area (Å²) in [6.07, 6.45) is 1.12. The molecule has 0 aliphatic rings. The molecule has 6 heteroatoms. The van der Waals surface area contributed by atoms with Gasteiger partial charge in [0.15, 0.2) is 0 Å². The first-order valence-electron chi connectivity index (χ1n) is 2.10. The van der Waals surface area contributed by atoms with E-state index in [4.69, 9.17) is 10.2 Å². The second kappa shape index (κ2) is 7.60. The van der Waals surface area contributed by atoms with Crippen LogP contribution in [-0.2, 0) is 9.59 Å². The lowest BCUT2D eigenvalue weighted by atomic mass is 10.5. The summed E-state index contributed by atoms with van der Waals surface area (Å²) in [5.74, 6) is 5.49. The van der Waals surface area contributed by atoms with Gasteiger partial charge < -0.3 is 10.2 Å². The number of hydrogen-bond acceptors (Lipinski definition) is 4. The molecule has 0 aromatic carbocycles. The molecule has 0 aromatic rings. The molecule has 0 amide bonds. The topological polar surface area (TPSA) is 127 Å². The van der Waals surface area contributed by atoms with Crippen LogP contribution in [0.4, 0.5) is 0 Å². The molecule has 6 nitrogen and oxygen atoms in total. The fourth-order valence-corrected chi connectivity index (χ4v) is 0.143. The standard InChI is InChI=1S/C4H4O4.H4N2/c5-3(6)1-2-4(7)8;1-2/h1-2H,(H,5,6)(H,7,8);1-2H2. The highest BCUT2D eigenvalue weighted by molar-refractivity contribution is 5.89. The van der Waals surface area contributed by atoms with Gasteiger partial charge in [0, 0.05) is 12.2 Å². The molecular weight excluding hydrogens is 140 g/mol. The van der Waals surface area contributed by atoms with Crippen molar-refractivity contribution in [2.24, 2.45) is 11.7 Å². The van der Waals surface area contributed by atoms with Crippen molar-refractivity contribution in [3.8, 4) is 0 Å². The second-order valence-corrected chi connectivity index (χ2v) is 1.01. The molecule has 0 aliphatic heterocycles. The van der Waals surface area contributed by atoms with Gasteiger partial charge in [-0.2, -0.15) is 0 Å². The van der Waals surface area contributed by atoms with Crippen molar-refractivity contribution in [1.82, 2.24) is 0 Å². The smallest absolute Gasteiger partial charge is 0.328 e. The van der Waals surface area contributed by atoms with Crippen LogP contribution in [0.25, 0.3) is 0 Å². The van der Waals surface area contributed by atoms with Gasteiger partial charge in [0.05, 0.1) is 0 Å². The Labute approximate surface area is 56.7 Å². The summed E-state index contributed by atoms with van der Waals surface area (Å²) >= 11 is 0. The number of hydrazine groups is 1. The van der Waals surface area contributed by atoms with Crippen LogP contribution in [-0.4, -0.2) is 22.2 Å². The minimum atomic E-state index is -1.26. The lowest BCUT2D eigenvalue weighted by molar-refractivity contribution is -0.134. The first-order valence-corrected chi connectivity index (χ1v) is 2.10. The molecular formula is C4H8N2O4. The Kier molecular flexibility index (Phi) is 8.67. The normalized spacial score (nSPS) is 8.20. The number of nitrogens with two attached hydrogens (primary N) is 2. The van der Waals surface area contributed by atoms with Crippen LogP contribution in [0.15, 0.2) is 12.2 Å². The van der Waals surface area contributed by atoms with E-state index in [2.05, 4.69) is 11.7 Å². The Bertz CT molecular complexity index is 126. The number of carbonyl (C=O) groups is 2. The first-order chi connectivity index (χ1) is 4.63. The summed E-state index contributed by atoms with van der Waals surface area (Å²) in [5.41, 5.74) is 0. The Morgan fingerprint density at radius 2 is 1.20 bits per heavy atom. The maximum absolute atomic E-state index is 9.55.